The van der Waals surface area contributed by atoms with Crippen LogP contribution in [0.3, 0.4) is 0 Å². The molecule has 0 bridgehead atoms. The lowest BCUT2D eigenvalue weighted by Crippen LogP contribution is -2.04. The van der Waals surface area contributed by atoms with E-state index in [1.54, 1.807) is 4.68 Å². The largest absolute Gasteiger partial charge is 0.382 e. The molecule has 0 radical (unpaired) electrons. The lowest BCUT2D eigenvalue weighted by atomic mass is 9.97. The van der Waals surface area contributed by atoms with Crippen LogP contribution in [0, 0.1) is 20.8 Å². The Morgan fingerprint density at radius 1 is 1.24 bits per heavy atom. The standard InChI is InChI=1S/C14H18N2O/c1-9-6-5-7-12(11(9)3)14(17)13-8-10(2)16(4)15-13/h5-8,14,17H,1-4H3. The molecule has 17 heavy (non-hydrogen) atoms. The Bertz CT molecular complexity index is 524. The number of aromatic nitrogens is 2. The molecule has 0 amide bonds. The number of rotatable bonds is 2. The molecule has 1 unspecified atom stereocenters. The third-order valence-corrected chi connectivity index (χ3v) is 3.35. The fourth-order valence-electron chi connectivity index (χ4n) is 1.95. The summed E-state index contributed by atoms with van der Waals surface area (Å²) in [5, 5.41) is 14.7. The van der Waals surface area contributed by atoms with Crippen molar-refractivity contribution in [3.05, 3.63) is 52.3 Å². The molecule has 3 heteroatoms. The fourth-order valence-corrected chi connectivity index (χ4v) is 1.95. The second-order valence-corrected chi connectivity index (χ2v) is 4.53. The molecule has 1 aromatic carbocycles. The first-order valence-electron chi connectivity index (χ1n) is 5.75. The predicted octanol–water partition coefficient (Wildman–Crippen LogP) is 2.43. The molecule has 0 spiro atoms. The van der Waals surface area contributed by atoms with Gasteiger partial charge in [-0.15, -0.1) is 0 Å². The SMILES string of the molecule is Cc1cccc(C(O)c2cc(C)n(C)n2)c1C. The monoisotopic (exact) mass is 230 g/mol. The van der Waals surface area contributed by atoms with E-state index in [0.717, 1.165) is 16.8 Å². The van der Waals surface area contributed by atoms with Crippen LogP contribution in [-0.2, 0) is 7.05 Å². The van der Waals surface area contributed by atoms with Gasteiger partial charge in [0, 0.05) is 12.7 Å². The van der Waals surface area contributed by atoms with Gasteiger partial charge in [0.25, 0.3) is 0 Å². The number of aliphatic hydroxyl groups is 1. The number of benzene rings is 1. The highest BCUT2D eigenvalue weighted by Gasteiger charge is 2.16. The zero-order chi connectivity index (χ0) is 12.6. The minimum Gasteiger partial charge on any atom is -0.382 e. The van der Waals surface area contributed by atoms with Crippen molar-refractivity contribution in [1.82, 2.24) is 9.78 Å². The molecule has 2 aromatic rings. The van der Waals surface area contributed by atoms with Gasteiger partial charge in [0.05, 0.1) is 5.69 Å². The van der Waals surface area contributed by atoms with Crippen LogP contribution < -0.4 is 0 Å². The molecular weight excluding hydrogens is 212 g/mol. The second-order valence-electron chi connectivity index (χ2n) is 4.53. The molecule has 1 aromatic heterocycles. The molecule has 0 aliphatic heterocycles. The Hall–Kier alpha value is -1.61. The Balaban J connectivity index is 2.43. The lowest BCUT2D eigenvalue weighted by Gasteiger charge is -2.13. The number of hydrogen-bond acceptors (Lipinski definition) is 2. The average molecular weight is 230 g/mol. The predicted molar refractivity (Wildman–Crippen MR) is 67.9 cm³/mol. The molecule has 90 valence electrons. The maximum Gasteiger partial charge on any atom is 0.123 e. The Labute approximate surface area is 102 Å². The van der Waals surface area contributed by atoms with Crippen molar-refractivity contribution in [3.8, 4) is 0 Å². The summed E-state index contributed by atoms with van der Waals surface area (Å²) in [7, 11) is 1.88. The minimum absolute atomic E-state index is 0.644. The quantitative estimate of drug-likeness (QED) is 0.860. The normalized spacial score (nSPS) is 12.8. The Morgan fingerprint density at radius 2 is 1.94 bits per heavy atom. The van der Waals surface area contributed by atoms with Gasteiger partial charge < -0.3 is 5.11 Å². The van der Waals surface area contributed by atoms with Crippen molar-refractivity contribution in [1.29, 1.82) is 0 Å². The summed E-state index contributed by atoms with van der Waals surface area (Å²) in [5.74, 6) is 0. The van der Waals surface area contributed by atoms with E-state index in [2.05, 4.69) is 18.1 Å². The highest BCUT2D eigenvalue weighted by atomic mass is 16.3. The number of aliphatic hydroxyl groups excluding tert-OH is 1. The summed E-state index contributed by atoms with van der Waals surface area (Å²) in [6.07, 6.45) is -0.644. The molecule has 0 aliphatic carbocycles. The van der Waals surface area contributed by atoms with Crippen molar-refractivity contribution in [2.75, 3.05) is 0 Å². The molecule has 1 heterocycles. The number of nitrogens with zero attached hydrogens (tertiary/aromatic N) is 2. The van der Waals surface area contributed by atoms with Crippen molar-refractivity contribution in [2.45, 2.75) is 26.9 Å². The van der Waals surface area contributed by atoms with Gasteiger partial charge in [-0.05, 0) is 43.5 Å². The topological polar surface area (TPSA) is 38.0 Å². The lowest BCUT2D eigenvalue weighted by molar-refractivity contribution is 0.213. The van der Waals surface area contributed by atoms with Crippen LogP contribution in [0.2, 0.25) is 0 Å². The molecule has 0 fully saturated rings. The first-order chi connectivity index (χ1) is 8.00. The molecule has 1 atom stereocenters. The van der Waals surface area contributed by atoms with E-state index in [1.807, 2.05) is 39.1 Å². The van der Waals surface area contributed by atoms with E-state index in [4.69, 9.17) is 0 Å². The molecule has 3 nitrogen and oxygen atoms in total. The highest BCUT2D eigenvalue weighted by molar-refractivity contribution is 5.37. The highest BCUT2D eigenvalue weighted by Crippen LogP contribution is 2.25. The fraction of sp³-hybridized carbons (Fsp3) is 0.357. The van der Waals surface area contributed by atoms with Gasteiger partial charge in [-0.2, -0.15) is 5.10 Å². The molecular formula is C14H18N2O. The van der Waals surface area contributed by atoms with Gasteiger partial charge in [-0.1, -0.05) is 18.2 Å². The summed E-state index contributed by atoms with van der Waals surface area (Å²) in [6, 6.07) is 7.90. The average Bonchev–Trinajstić information content (AvgIpc) is 2.62. The maximum atomic E-state index is 10.4. The maximum absolute atomic E-state index is 10.4. The van der Waals surface area contributed by atoms with Crippen molar-refractivity contribution >= 4 is 0 Å². The van der Waals surface area contributed by atoms with E-state index >= 15 is 0 Å². The Morgan fingerprint density at radius 3 is 2.53 bits per heavy atom. The van der Waals surface area contributed by atoms with Crippen LogP contribution in [0.4, 0.5) is 0 Å². The van der Waals surface area contributed by atoms with Gasteiger partial charge in [0.2, 0.25) is 0 Å². The molecule has 0 aliphatic rings. The third kappa shape index (κ3) is 2.11. The van der Waals surface area contributed by atoms with Gasteiger partial charge in [0.1, 0.15) is 6.10 Å². The summed E-state index contributed by atoms with van der Waals surface area (Å²) < 4.78 is 1.78. The van der Waals surface area contributed by atoms with Gasteiger partial charge in [0.15, 0.2) is 0 Å². The van der Waals surface area contributed by atoms with Gasteiger partial charge in [-0.25, -0.2) is 0 Å². The van der Waals surface area contributed by atoms with E-state index in [-0.39, 0.29) is 0 Å². The third-order valence-electron chi connectivity index (χ3n) is 3.35. The first-order valence-corrected chi connectivity index (χ1v) is 5.75. The van der Waals surface area contributed by atoms with Crippen molar-refractivity contribution in [3.63, 3.8) is 0 Å². The van der Waals surface area contributed by atoms with Crippen molar-refractivity contribution in [2.24, 2.45) is 7.05 Å². The van der Waals surface area contributed by atoms with E-state index in [0.29, 0.717) is 5.69 Å². The van der Waals surface area contributed by atoms with Crippen LogP contribution in [0.25, 0.3) is 0 Å². The molecule has 0 saturated heterocycles. The smallest absolute Gasteiger partial charge is 0.123 e. The van der Waals surface area contributed by atoms with Crippen LogP contribution in [0.15, 0.2) is 24.3 Å². The van der Waals surface area contributed by atoms with E-state index < -0.39 is 6.10 Å². The van der Waals surface area contributed by atoms with Crippen LogP contribution in [-0.4, -0.2) is 14.9 Å². The summed E-state index contributed by atoms with van der Waals surface area (Å²) in [4.78, 5) is 0. The molecule has 2 rings (SSSR count). The first kappa shape index (κ1) is 11.9. The number of aryl methyl sites for hydroxylation is 3. The van der Waals surface area contributed by atoms with E-state index in [1.165, 1.54) is 5.56 Å². The van der Waals surface area contributed by atoms with Crippen LogP contribution >= 0.6 is 0 Å². The Kier molecular flexibility index (Phi) is 3.03. The van der Waals surface area contributed by atoms with Crippen molar-refractivity contribution < 1.29 is 5.11 Å². The zero-order valence-electron chi connectivity index (χ0n) is 10.7. The molecule has 0 saturated carbocycles. The minimum atomic E-state index is -0.644. The van der Waals surface area contributed by atoms with Gasteiger partial charge >= 0.3 is 0 Å². The summed E-state index contributed by atoms with van der Waals surface area (Å²) in [6.45, 7) is 6.06. The zero-order valence-corrected chi connectivity index (χ0v) is 10.7. The summed E-state index contributed by atoms with van der Waals surface area (Å²) >= 11 is 0. The molecule has 1 N–H and O–H groups in total. The number of hydrogen-bond donors (Lipinski definition) is 1. The van der Waals surface area contributed by atoms with E-state index in [9.17, 15) is 5.11 Å². The van der Waals surface area contributed by atoms with Crippen LogP contribution in [0.1, 0.15) is 34.2 Å². The van der Waals surface area contributed by atoms with Crippen LogP contribution in [0.5, 0.6) is 0 Å². The van der Waals surface area contributed by atoms with Gasteiger partial charge in [-0.3, -0.25) is 4.68 Å². The summed E-state index contributed by atoms with van der Waals surface area (Å²) in [5.41, 5.74) is 5.00. The second kappa shape index (κ2) is 4.34.